The lowest BCUT2D eigenvalue weighted by Crippen LogP contribution is -2.15. The van der Waals surface area contributed by atoms with E-state index >= 15 is 0 Å². The van der Waals surface area contributed by atoms with Gasteiger partial charge in [-0.15, -0.1) is 0 Å². The van der Waals surface area contributed by atoms with E-state index in [1.54, 1.807) is 12.2 Å². The summed E-state index contributed by atoms with van der Waals surface area (Å²) in [5.41, 5.74) is 16.9. The smallest absolute Gasteiger partial charge is 0.178 e. The first-order valence-electron chi connectivity index (χ1n) is 8.70. The molecule has 0 N–H and O–H groups in total. The van der Waals surface area contributed by atoms with Crippen LogP contribution in [-0.2, 0) is 4.79 Å². The lowest BCUT2D eigenvalue weighted by atomic mass is 9.85. The second-order valence-electron chi connectivity index (χ2n) is 6.67. The summed E-state index contributed by atoms with van der Waals surface area (Å²) in [6.07, 6.45) is 14.8. The molecule has 2 fully saturated rings. The number of rotatable bonds is 6. The van der Waals surface area contributed by atoms with Gasteiger partial charge >= 0.3 is 0 Å². The molecule has 2 saturated carbocycles. The number of carbonyl (C=O) groups excluding carboxylic acids is 1. The van der Waals surface area contributed by atoms with Gasteiger partial charge in [-0.25, -0.2) is 0 Å². The van der Waals surface area contributed by atoms with E-state index in [-0.39, 0.29) is 17.9 Å². The molecule has 0 aliphatic heterocycles. The molecule has 0 spiro atoms. The maximum Gasteiger partial charge on any atom is 0.178 e. The van der Waals surface area contributed by atoms with E-state index in [2.05, 4.69) is 20.1 Å². The summed E-state index contributed by atoms with van der Waals surface area (Å²) in [7, 11) is 0. The van der Waals surface area contributed by atoms with Crippen molar-refractivity contribution in [2.24, 2.45) is 22.1 Å². The van der Waals surface area contributed by atoms with Crippen LogP contribution >= 0.6 is 0 Å². The molecule has 2 rings (SSSR count). The Morgan fingerprint density at radius 2 is 1.12 bits per heavy atom. The number of carbonyl (C=O) groups is 1. The van der Waals surface area contributed by atoms with Crippen LogP contribution in [0.4, 0.5) is 0 Å². The first kappa shape index (κ1) is 18.1. The molecule has 0 bridgehead atoms. The summed E-state index contributed by atoms with van der Waals surface area (Å²) in [5.74, 6) is 0.850. The average Bonchev–Trinajstić information content (AvgIpc) is 2.61. The van der Waals surface area contributed by atoms with Gasteiger partial charge in [0.05, 0.1) is 0 Å². The zero-order valence-corrected chi connectivity index (χ0v) is 13.9. The molecule has 7 nitrogen and oxygen atoms in total. The number of nitrogens with zero attached hydrogens (tertiary/aromatic N) is 6. The van der Waals surface area contributed by atoms with Crippen LogP contribution < -0.4 is 0 Å². The molecule has 0 heterocycles. The van der Waals surface area contributed by atoms with Gasteiger partial charge in [0.2, 0.25) is 0 Å². The lowest BCUT2D eigenvalue weighted by Gasteiger charge is -2.23. The SMILES string of the molecule is [N-]=[N+]=NC1CCC(/C=C/C(=O)/C=C/C2CCC(N=[N+]=[N-])CC2)CC1. The van der Waals surface area contributed by atoms with E-state index in [1.165, 1.54) is 0 Å². The highest BCUT2D eigenvalue weighted by Gasteiger charge is 2.19. The molecule has 0 amide bonds. The van der Waals surface area contributed by atoms with E-state index in [0.717, 1.165) is 51.4 Å². The van der Waals surface area contributed by atoms with Crippen LogP contribution in [-0.4, -0.2) is 17.9 Å². The second-order valence-corrected chi connectivity index (χ2v) is 6.67. The van der Waals surface area contributed by atoms with Crippen molar-refractivity contribution in [2.45, 2.75) is 63.5 Å². The topological polar surface area (TPSA) is 115 Å². The summed E-state index contributed by atoms with van der Waals surface area (Å²) in [6.45, 7) is 0. The minimum absolute atomic E-state index is 0.0318. The maximum absolute atomic E-state index is 12.0. The van der Waals surface area contributed by atoms with Gasteiger partial charge in [0.15, 0.2) is 5.78 Å². The van der Waals surface area contributed by atoms with Crippen molar-refractivity contribution in [2.75, 3.05) is 0 Å². The number of hydrogen-bond acceptors (Lipinski definition) is 3. The fraction of sp³-hybridized carbons (Fsp3) is 0.706. The third-order valence-corrected chi connectivity index (χ3v) is 4.98. The van der Waals surface area contributed by atoms with Crippen molar-refractivity contribution in [1.29, 1.82) is 0 Å². The van der Waals surface area contributed by atoms with Crippen molar-refractivity contribution >= 4 is 5.78 Å². The van der Waals surface area contributed by atoms with Gasteiger partial charge in [-0.05, 0) is 86.4 Å². The molecule has 0 aromatic heterocycles. The van der Waals surface area contributed by atoms with Crippen LogP contribution in [0.5, 0.6) is 0 Å². The van der Waals surface area contributed by atoms with Crippen LogP contribution in [0.3, 0.4) is 0 Å². The Labute approximate surface area is 142 Å². The van der Waals surface area contributed by atoms with E-state index in [0.29, 0.717) is 11.8 Å². The van der Waals surface area contributed by atoms with Gasteiger partial charge in [-0.3, -0.25) is 4.79 Å². The van der Waals surface area contributed by atoms with Gasteiger partial charge in [-0.2, -0.15) is 0 Å². The highest BCUT2D eigenvalue weighted by Crippen LogP contribution is 2.28. The number of ketones is 1. The summed E-state index contributed by atoms with van der Waals surface area (Å²) in [4.78, 5) is 17.7. The summed E-state index contributed by atoms with van der Waals surface area (Å²) in [5, 5.41) is 7.53. The average molecular weight is 328 g/mol. The zero-order valence-electron chi connectivity index (χ0n) is 13.9. The number of allylic oxidation sites excluding steroid dienone is 4. The minimum Gasteiger partial charge on any atom is -0.290 e. The Hall–Kier alpha value is -2.23. The standard InChI is InChI=1S/C17H24N6O/c18-22-20-15-7-1-13(2-8-15)5-11-17(24)12-6-14-3-9-16(10-4-14)21-23-19/h5-6,11-16H,1-4,7-10H2/b11-5+,12-6+. The molecule has 0 aromatic carbocycles. The molecule has 0 radical (unpaired) electrons. The van der Waals surface area contributed by atoms with E-state index < -0.39 is 0 Å². The van der Waals surface area contributed by atoms with Crippen LogP contribution in [0.25, 0.3) is 20.9 Å². The molecule has 0 saturated heterocycles. The molecule has 24 heavy (non-hydrogen) atoms. The monoisotopic (exact) mass is 328 g/mol. The molecule has 7 heteroatoms. The Morgan fingerprint density at radius 1 is 0.750 bits per heavy atom. The van der Waals surface area contributed by atoms with Gasteiger partial charge in [0.25, 0.3) is 0 Å². The molecule has 0 aromatic rings. The fourth-order valence-corrected chi connectivity index (χ4v) is 3.48. The third kappa shape index (κ3) is 6.11. The Balaban J connectivity index is 1.71. The van der Waals surface area contributed by atoms with Crippen molar-refractivity contribution < 1.29 is 4.79 Å². The molecule has 2 aliphatic carbocycles. The van der Waals surface area contributed by atoms with Crippen molar-refractivity contribution in [3.63, 3.8) is 0 Å². The van der Waals surface area contributed by atoms with Gasteiger partial charge < -0.3 is 0 Å². The van der Waals surface area contributed by atoms with Crippen molar-refractivity contribution in [3.8, 4) is 0 Å². The predicted molar refractivity (Wildman–Crippen MR) is 93.1 cm³/mol. The fourth-order valence-electron chi connectivity index (χ4n) is 3.48. The highest BCUT2D eigenvalue weighted by molar-refractivity contribution is 5.99. The Kier molecular flexibility index (Phi) is 7.40. The summed E-state index contributed by atoms with van der Waals surface area (Å²) in [6, 6.07) is 0.242. The lowest BCUT2D eigenvalue weighted by molar-refractivity contribution is -0.110. The third-order valence-electron chi connectivity index (χ3n) is 4.98. The van der Waals surface area contributed by atoms with Gasteiger partial charge in [0.1, 0.15) is 0 Å². The first-order chi connectivity index (χ1) is 11.7. The first-order valence-corrected chi connectivity index (χ1v) is 8.70. The molecule has 0 unspecified atom stereocenters. The highest BCUT2D eigenvalue weighted by atomic mass is 16.1. The minimum atomic E-state index is 0.0318. The number of hydrogen-bond donors (Lipinski definition) is 0. The maximum atomic E-state index is 12.0. The van der Waals surface area contributed by atoms with E-state index in [9.17, 15) is 4.79 Å². The van der Waals surface area contributed by atoms with Gasteiger partial charge in [-0.1, -0.05) is 22.4 Å². The van der Waals surface area contributed by atoms with Crippen LogP contribution in [0, 0.1) is 11.8 Å². The predicted octanol–water partition coefficient (Wildman–Crippen LogP) is 5.41. The summed E-state index contributed by atoms with van der Waals surface area (Å²) < 4.78 is 0. The number of azide groups is 2. The van der Waals surface area contributed by atoms with E-state index in [4.69, 9.17) is 11.1 Å². The zero-order chi connectivity index (χ0) is 17.2. The Morgan fingerprint density at radius 3 is 1.46 bits per heavy atom. The molecule has 128 valence electrons. The second kappa shape index (κ2) is 9.81. The molecule has 2 aliphatic rings. The van der Waals surface area contributed by atoms with Crippen LogP contribution in [0.15, 0.2) is 34.5 Å². The molecular weight excluding hydrogens is 304 g/mol. The normalized spacial score (nSPS) is 30.7. The quantitative estimate of drug-likeness (QED) is 0.276. The van der Waals surface area contributed by atoms with Gasteiger partial charge in [0, 0.05) is 21.9 Å². The van der Waals surface area contributed by atoms with Crippen LogP contribution in [0.1, 0.15) is 51.4 Å². The van der Waals surface area contributed by atoms with Crippen molar-refractivity contribution in [3.05, 3.63) is 45.2 Å². The Bertz CT molecular complexity index is 520. The van der Waals surface area contributed by atoms with E-state index in [1.807, 2.05) is 12.2 Å². The molecule has 0 atom stereocenters. The largest absolute Gasteiger partial charge is 0.290 e. The summed E-state index contributed by atoms with van der Waals surface area (Å²) >= 11 is 0. The van der Waals surface area contributed by atoms with Crippen molar-refractivity contribution in [1.82, 2.24) is 0 Å². The molecular formula is C17H24N6O. The van der Waals surface area contributed by atoms with Crippen LogP contribution in [0.2, 0.25) is 0 Å².